The van der Waals surface area contributed by atoms with Gasteiger partial charge < -0.3 is 9.52 Å². The SMILES string of the molecule is O=C(O)c1ccc(Cl)c(-c2ccc(/C=C3/Sc4ccccc4C3=O)o2)c1. The van der Waals surface area contributed by atoms with Crippen LogP contribution < -0.4 is 0 Å². The zero-order chi connectivity index (χ0) is 18.3. The number of Topliss-reactive ketones (excluding diaryl/α,β-unsaturated/α-hetero) is 1. The fourth-order valence-corrected chi connectivity index (χ4v) is 3.93. The third-order valence-electron chi connectivity index (χ3n) is 3.95. The monoisotopic (exact) mass is 382 g/mol. The number of carboxylic acids is 1. The van der Waals surface area contributed by atoms with Crippen molar-refractivity contribution >= 4 is 41.2 Å². The number of carboxylic acid groups (broad SMARTS) is 1. The van der Waals surface area contributed by atoms with E-state index in [1.54, 1.807) is 24.3 Å². The number of thioether (sulfide) groups is 1. The fraction of sp³-hybridized carbons (Fsp3) is 0. The number of allylic oxidation sites excluding steroid dienone is 1. The summed E-state index contributed by atoms with van der Waals surface area (Å²) in [6.45, 7) is 0. The minimum absolute atomic E-state index is 0.0329. The topological polar surface area (TPSA) is 67.5 Å². The number of hydrogen-bond donors (Lipinski definition) is 1. The van der Waals surface area contributed by atoms with Crippen LogP contribution in [0.25, 0.3) is 17.4 Å². The molecule has 1 aliphatic heterocycles. The van der Waals surface area contributed by atoms with Crippen molar-refractivity contribution in [3.63, 3.8) is 0 Å². The number of rotatable bonds is 3. The Kier molecular flexibility index (Phi) is 4.18. The number of carbonyl (C=O) groups excluding carboxylic acids is 1. The van der Waals surface area contributed by atoms with Gasteiger partial charge in [-0.05, 0) is 48.5 Å². The third kappa shape index (κ3) is 2.96. The van der Waals surface area contributed by atoms with Gasteiger partial charge in [0.05, 0.1) is 15.5 Å². The summed E-state index contributed by atoms with van der Waals surface area (Å²) < 4.78 is 5.78. The summed E-state index contributed by atoms with van der Waals surface area (Å²) in [6.07, 6.45) is 1.69. The second kappa shape index (κ2) is 6.52. The van der Waals surface area contributed by atoms with Crippen molar-refractivity contribution in [3.8, 4) is 11.3 Å². The van der Waals surface area contributed by atoms with Gasteiger partial charge in [0.1, 0.15) is 11.5 Å². The third-order valence-corrected chi connectivity index (χ3v) is 5.38. The van der Waals surface area contributed by atoms with Gasteiger partial charge in [-0.15, -0.1) is 0 Å². The summed E-state index contributed by atoms with van der Waals surface area (Å²) in [7, 11) is 0. The molecular weight excluding hydrogens is 372 g/mol. The van der Waals surface area contributed by atoms with Crippen LogP contribution >= 0.6 is 23.4 Å². The number of carbonyl (C=O) groups is 2. The van der Waals surface area contributed by atoms with Crippen LogP contribution in [0.2, 0.25) is 5.02 Å². The second-order valence-corrected chi connectivity index (χ2v) is 7.13. The van der Waals surface area contributed by atoms with Crippen LogP contribution in [0, 0.1) is 0 Å². The van der Waals surface area contributed by atoms with E-state index < -0.39 is 5.97 Å². The molecule has 0 amide bonds. The Morgan fingerprint density at radius 2 is 1.88 bits per heavy atom. The maximum Gasteiger partial charge on any atom is 0.335 e. The smallest absolute Gasteiger partial charge is 0.335 e. The van der Waals surface area contributed by atoms with E-state index in [0.29, 0.717) is 32.6 Å². The van der Waals surface area contributed by atoms with Crippen molar-refractivity contribution < 1.29 is 19.1 Å². The fourth-order valence-electron chi connectivity index (χ4n) is 2.69. The molecule has 0 spiro atoms. The molecule has 0 saturated carbocycles. The lowest BCUT2D eigenvalue weighted by Gasteiger charge is -2.02. The van der Waals surface area contributed by atoms with E-state index in [9.17, 15) is 9.59 Å². The van der Waals surface area contributed by atoms with Gasteiger partial charge in [0.2, 0.25) is 5.78 Å². The molecular formula is C20H11ClO4S. The van der Waals surface area contributed by atoms with Gasteiger partial charge in [-0.25, -0.2) is 4.79 Å². The van der Waals surface area contributed by atoms with Gasteiger partial charge in [-0.1, -0.05) is 35.5 Å². The lowest BCUT2D eigenvalue weighted by Crippen LogP contribution is -1.96. The lowest BCUT2D eigenvalue weighted by atomic mass is 10.1. The van der Waals surface area contributed by atoms with Crippen LogP contribution in [0.1, 0.15) is 26.5 Å². The molecule has 0 radical (unpaired) electrons. The Hall–Kier alpha value is -2.76. The van der Waals surface area contributed by atoms with E-state index in [1.165, 1.54) is 30.0 Å². The lowest BCUT2D eigenvalue weighted by molar-refractivity contribution is 0.0696. The summed E-state index contributed by atoms with van der Waals surface area (Å²) in [5.41, 5.74) is 1.30. The minimum atomic E-state index is -1.04. The average Bonchev–Trinajstić information content (AvgIpc) is 3.21. The van der Waals surface area contributed by atoms with Crippen molar-refractivity contribution in [2.24, 2.45) is 0 Å². The number of halogens is 1. The summed E-state index contributed by atoms with van der Waals surface area (Å²) in [5, 5.41) is 9.52. The van der Waals surface area contributed by atoms with Crippen molar-refractivity contribution in [2.75, 3.05) is 0 Å². The minimum Gasteiger partial charge on any atom is -0.478 e. The van der Waals surface area contributed by atoms with Gasteiger partial charge in [0, 0.05) is 16.0 Å². The first kappa shape index (κ1) is 16.7. The standard InChI is InChI=1S/C20H11ClO4S/c21-15-7-5-11(20(23)24)9-14(15)16-8-6-12(25-16)10-18-19(22)13-3-1-2-4-17(13)26-18/h1-10H,(H,23,24)/b18-10+. The predicted octanol–water partition coefficient (Wildman–Crippen LogP) is 5.63. The maximum atomic E-state index is 12.4. The molecule has 0 saturated heterocycles. The molecule has 0 bridgehead atoms. The van der Waals surface area contributed by atoms with E-state index >= 15 is 0 Å². The molecule has 128 valence electrons. The molecule has 0 atom stereocenters. The van der Waals surface area contributed by atoms with Crippen molar-refractivity contribution in [2.45, 2.75) is 4.90 Å². The van der Waals surface area contributed by atoms with Crippen LogP contribution in [0.4, 0.5) is 0 Å². The number of benzene rings is 2. The summed E-state index contributed by atoms with van der Waals surface area (Å²) in [4.78, 5) is 25.1. The molecule has 26 heavy (non-hydrogen) atoms. The molecule has 2 aromatic carbocycles. The molecule has 1 aromatic heterocycles. The highest BCUT2D eigenvalue weighted by Crippen LogP contribution is 2.41. The van der Waals surface area contributed by atoms with Crippen LogP contribution in [0.15, 0.2) is 68.8 Å². The molecule has 2 heterocycles. The van der Waals surface area contributed by atoms with E-state index in [0.717, 1.165) is 4.90 Å². The highest BCUT2D eigenvalue weighted by atomic mass is 35.5. The molecule has 1 aliphatic rings. The predicted molar refractivity (Wildman–Crippen MR) is 101 cm³/mol. The quantitative estimate of drug-likeness (QED) is 0.595. The van der Waals surface area contributed by atoms with E-state index in [1.807, 2.05) is 18.2 Å². The molecule has 0 unspecified atom stereocenters. The van der Waals surface area contributed by atoms with Gasteiger partial charge in [-0.3, -0.25) is 4.79 Å². The number of furan rings is 1. The van der Waals surface area contributed by atoms with Crippen LogP contribution in [-0.4, -0.2) is 16.9 Å². The van der Waals surface area contributed by atoms with E-state index in [4.69, 9.17) is 21.1 Å². The summed E-state index contributed by atoms with van der Waals surface area (Å²) in [5.74, 6) is -0.129. The Morgan fingerprint density at radius 1 is 1.08 bits per heavy atom. The first-order valence-electron chi connectivity index (χ1n) is 7.69. The van der Waals surface area contributed by atoms with E-state index in [2.05, 4.69) is 0 Å². The summed E-state index contributed by atoms with van der Waals surface area (Å²) in [6, 6.07) is 15.3. The number of ketones is 1. The molecule has 6 heteroatoms. The molecule has 3 aromatic rings. The zero-order valence-corrected chi connectivity index (χ0v) is 14.8. The number of aromatic carboxylic acids is 1. The van der Waals surface area contributed by atoms with Gasteiger partial charge in [-0.2, -0.15) is 0 Å². The summed E-state index contributed by atoms with van der Waals surface area (Å²) >= 11 is 7.57. The molecule has 0 fully saturated rings. The van der Waals surface area contributed by atoms with Crippen molar-refractivity contribution in [1.29, 1.82) is 0 Å². The van der Waals surface area contributed by atoms with Crippen molar-refractivity contribution in [3.05, 3.63) is 81.4 Å². The molecule has 4 nitrogen and oxygen atoms in total. The Balaban J connectivity index is 1.67. The maximum absolute atomic E-state index is 12.4. The number of fused-ring (bicyclic) bond motifs is 1. The Bertz CT molecular complexity index is 1080. The second-order valence-electron chi connectivity index (χ2n) is 5.64. The molecule has 4 rings (SSSR count). The van der Waals surface area contributed by atoms with Crippen molar-refractivity contribution in [1.82, 2.24) is 0 Å². The first-order chi connectivity index (χ1) is 12.5. The van der Waals surface area contributed by atoms with Crippen LogP contribution in [0.5, 0.6) is 0 Å². The van der Waals surface area contributed by atoms with Crippen LogP contribution in [-0.2, 0) is 0 Å². The van der Waals surface area contributed by atoms with Gasteiger partial charge in [0.25, 0.3) is 0 Å². The molecule has 1 N–H and O–H groups in total. The van der Waals surface area contributed by atoms with Crippen LogP contribution in [0.3, 0.4) is 0 Å². The normalized spacial score (nSPS) is 14.7. The number of hydrogen-bond acceptors (Lipinski definition) is 4. The Labute approximate surface area is 158 Å². The van der Waals surface area contributed by atoms with Gasteiger partial charge >= 0.3 is 5.97 Å². The highest BCUT2D eigenvalue weighted by Gasteiger charge is 2.25. The van der Waals surface area contributed by atoms with E-state index in [-0.39, 0.29) is 11.3 Å². The van der Waals surface area contributed by atoms with Gasteiger partial charge in [0.15, 0.2) is 0 Å². The largest absolute Gasteiger partial charge is 0.478 e. The highest BCUT2D eigenvalue weighted by molar-refractivity contribution is 8.04. The zero-order valence-electron chi connectivity index (χ0n) is 13.2. The first-order valence-corrected chi connectivity index (χ1v) is 8.89. The Morgan fingerprint density at radius 3 is 2.65 bits per heavy atom. The average molecular weight is 383 g/mol. The molecule has 0 aliphatic carbocycles.